The molecule has 1 aliphatic heterocycles. The summed E-state index contributed by atoms with van der Waals surface area (Å²) in [5.74, 6) is 0.722. The SMILES string of the molecule is Clc1cccc(Cl)c1NC1=NCCN1.[H+].[H+].[S-2]. The summed E-state index contributed by atoms with van der Waals surface area (Å²) in [5, 5.41) is 7.32. The van der Waals surface area contributed by atoms with Crippen LogP contribution in [0.15, 0.2) is 23.2 Å². The quantitative estimate of drug-likeness (QED) is 0.818. The summed E-state index contributed by atoms with van der Waals surface area (Å²) in [5.41, 5.74) is 0.698. The van der Waals surface area contributed by atoms with Gasteiger partial charge in [0.05, 0.1) is 22.3 Å². The second kappa shape index (κ2) is 5.49. The Kier molecular flexibility index (Phi) is 4.57. The largest absolute Gasteiger partial charge is 2.00 e. The summed E-state index contributed by atoms with van der Waals surface area (Å²) >= 11 is 12.0. The van der Waals surface area contributed by atoms with E-state index in [0.29, 0.717) is 15.7 Å². The lowest BCUT2D eigenvalue weighted by Crippen LogP contribution is -2.26. The van der Waals surface area contributed by atoms with E-state index in [0.717, 1.165) is 19.0 Å². The van der Waals surface area contributed by atoms with Crippen molar-refractivity contribution in [1.29, 1.82) is 0 Å². The van der Waals surface area contributed by atoms with Gasteiger partial charge in [-0.05, 0) is 12.1 Å². The van der Waals surface area contributed by atoms with Crippen molar-refractivity contribution < 1.29 is 2.85 Å². The molecule has 15 heavy (non-hydrogen) atoms. The molecule has 82 valence electrons. The zero-order valence-corrected chi connectivity index (χ0v) is 10.1. The molecule has 0 spiro atoms. The maximum atomic E-state index is 5.98. The average molecular weight is 264 g/mol. The predicted molar refractivity (Wildman–Crippen MR) is 70.0 cm³/mol. The molecule has 0 bridgehead atoms. The lowest BCUT2D eigenvalue weighted by molar-refractivity contribution is 0.959. The third-order valence-corrected chi connectivity index (χ3v) is 2.51. The van der Waals surface area contributed by atoms with Crippen molar-refractivity contribution in [2.75, 3.05) is 18.4 Å². The lowest BCUT2D eigenvalue weighted by atomic mass is 10.3. The summed E-state index contributed by atoms with van der Waals surface area (Å²) in [4.78, 5) is 4.19. The third-order valence-electron chi connectivity index (χ3n) is 1.88. The highest BCUT2D eigenvalue weighted by molar-refractivity contribution is 7.37. The molecule has 1 heterocycles. The number of nitrogens with zero attached hydrogens (tertiary/aromatic N) is 1. The first-order chi connectivity index (χ1) is 6.77. The van der Waals surface area contributed by atoms with Gasteiger partial charge in [-0.1, -0.05) is 29.3 Å². The molecule has 0 fully saturated rings. The second-order valence-corrected chi connectivity index (χ2v) is 3.69. The zero-order chi connectivity index (χ0) is 9.97. The molecule has 0 aliphatic carbocycles. The number of para-hydroxylation sites is 1. The topological polar surface area (TPSA) is 36.4 Å². The molecule has 0 saturated heterocycles. The van der Waals surface area contributed by atoms with Gasteiger partial charge in [-0.25, -0.2) is 0 Å². The van der Waals surface area contributed by atoms with Crippen molar-refractivity contribution in [2.45, 2.75) is 0 Å². The Morgan fingerprint density at radius 3 is 2.53 bits per heavy atom. The van der Waals surface area contributed by atoms with Crippen LogP contribution in [0, 0.1) is 0 Å². The Morgan fingerprint density at radius 1 is 1.33 bits per heavy atom. The second-order valence-electron chi connectivity index (χ2n) is 2.88. The fraction of sp³-hybridized carbons (Fsp3) is 0.222. The standard InChI is InChI=1S/C9H9Cl2N3.S/c10-6-2-1-3-7(11)8(6)14-9-12-4-5-13-9;/h1-3H,4-5H2,(H2,12,13,14);/q;-2/p+2. The Morgan fingerprint density at radius 2 is 2.00 bits per heavy atom. The number of halogens is 2. The number of aliphatic imine (C=N–C) groups is 1. The summed E-state index contributed by atoms with van der Waals surface area (Å²) < 4.78 is 0. The van der Waals surface area contributed by atoms with Gasteiger partial charge in [-0.15, -0.1) is 0 Å². The smallest absolute Gasteiger partial charge is 1.00 e. The minimum Gasteiger partial charge on any atom is -2.00 e. The van der Waals surface area contributed by atoms with Crippen molar-refractivity contribution in [3.8, 4) is 0 Å². The summed E-state index contributed by atoms with van der Waals surface area (Å²) in [7, 11) is 0. The number of benzene rings is 1. The first-order valence-electron chi connectivity index (χ1n) is 4.27. The molecule has 0 radical (unpaired) electrons. The molecule has 0 amide bonds. The number of rotatable bonds is 1. The molecule has 1 aliphatic rings. The van der Waals surface area contributed by atoms with E-state index in [4.69, 9.17) is 23.2 Å². The Hall–Kier alpha value is -0.580. The molecule has 0 aromatic heterocycles. The zero-order valence-electron chi connectivity index (χ0n) is 9.76. The molecule has 1 aromatic carbocycles. The number of nitrogens with one attached hydrogen (secondary N) is 2. The molecule has 1 aromatic rings. The van der Waals surface area contributed by atoms with Crippen LogP contribution in [0.5, 0.6) is 0 Å². The van der Waals surface area contributed by atoms with Crippen LogP contribution in [0.25, 0.3) is 0 Å². The number of hydrogen-bond donors (Lipinski definition) is 2. The van der Waals surface area contributed by atoms with Crippen LogP contribution in [0.3, 0.4) is 0 Å². The van der Waals surface area contributed by atoms with Crippen LogP contribution in [-0.2, 0) is 13.5 Å². The van der Waals surface area contributed by atoms with E-state index in [2.05, 4.69) is 15.6 Å². The van der Waals surface area contributed by atoms with Crippen molar-refractivity contribution in [1.82, 2.24) is 5.32 Å². The lowest BCUT2D eigenvalue weighted by Gasteiger charge is -2.09. The molecular formula is C9H11Cl2N3S. The molecule has 0 unspecified atom stereocenters. The van der Waals surface area contributed by atoms with E-state index in [-0.39, 0.29) is 16.3 Å². The highest BCUT2D eigenvalue weighted by Crippen LogP contribution is 2.29. The van der Waals surface area contributed by atoms with Crippen LogP contribution in [0.1, 0.15) is 2.85 Å². The van der Waals surface area contributed by atoms with E-state index >= 15 is 0 Å². The molecule has 2 rings (SSSR count). The Balaban J connectivity index is 0. The van der Waals surface area contributed by atoms with Gasteiger partial charge in [-0.3, -0.25) is 4.99 Å². The van der Waals surface area contributed by atoms with Crippen molar-refractivity contribution >= 4 is 48.3 Å². The predicted octanol–water partition coefficient (Wildman–Crippen LogP) is 2.59. The molecule has 0 saturated carbocycles. The number of hydrogen-bond acceptors (Lipinski definition) is 3. The van der Waals surface area contributed by atoms with E-state index in [9.17, 15) is 0 Å². The first-order valence-corrected chi connectivity index (χ1v) is 5.02. The molecular weight excluding hydrogens is 253 g/mol. The van der Waals surface area contributed by atoms with Gasteiger partial charge >= 0.3 is 2.85 Å². The third kappa shape index (κ3) is 2.93. The summed E-state index contributed by atoms with van der Waals surface area (Å²) in [6.07, 6.45) is 0. The fourth-order valence-corrected chi connectivity index (χ4v) is 1.71. The van der Waals surface area contributed by atoms with Crippen LogP contribution in [-0.4, -0.2) is 19.0 Å². The maximum Gasteiger partial charge on any atom is 1.00 e. The molecule has 2 N–H and O–H groups in total. The summed E-state index contributed by atoms with van der Waals surface area (Å²) in [6, 6.07) is 5.37. The maximum absolute atomic E-state index is 5.98. The fourth-order valence-electron chi connectivity index (χ4n) is 1.22. The van der Waals surface area contributed by atoms with Gasteiger partial charge in [-0.2, -0.15) is 0 Å². The van der Waals surface area contributed by atoms with Crippen LogP contribution in [0.4, 0.5) is 5.69 Å². The van der Waals surface area contributed by atoms with Gasteiger partial charge in [0.25, 0.3) is 0 Å². The Bertz CT molecular complexity index is 370. The number of guanidine groups is 1. The van der Waals surface area contributed by atoms with E-state index in [1.54, 1.807) is 18.2 Å². The Labute approximate surface area is 108 Å². The number of anilines is 1. The van der Waals surface area contributed by atoms with Crippen molar-refractivity contribution in [3.63, 3.8) is 0 Å². The highest BCUT2D eigenvalue weighted by atomic mass is 35.5. The van der Waals surface area contributed by atoms with Gasteiger partial charge in [0, 0.05) is 6.54 Å². The van der Waals surface area contributed by atoms with Gasteiger partial charge in [0.1, 0.15) is 0 Å². The molecule has 6 heteroatoms. The van der Waals surface area contributed by atoms with Crippen LogP contribution in [0.2, 0.25) is 10.0 Å². The summed E-state index contributed by atoms with van der Waals surface area (Å²) in [6.45, 7) is 1.63. The van der Waals surface area contributed by atoms with E-state index in [1.807, 2.05) is 0 Å². The van der Waals surface area contributed by atoms with Gasteiger partial charge in [0.2, 0.25) is 0 Å². The van der Waals surface area contributed by atoms with Crippen molar-refractivity contribution in [3.05, 3.63) is 28.2 Å². The normalized spacial score (nSPS) is 13.9. The molecule has 0 atom stereocenters. The minimum atomic E-state index is 0. The van der Waals surface area contributed by atoms with E-state index < -0.39 is 0 Å². The average Bonchev–Trinajstić information content (AvgIpc) is 2.64. The van der Waals surface area contributed by atoms with Crippen LogP contribution < -0.4 is 10.6 Å². The van der Waals surface area contributed by atoms with E-state index in [1.165, 1.54) is 0 Å². The monoisotopic (exact) mass is 263 g/mol. The van der Waals surface area contributed by atoms with Crippen LogP contribution >= 0.6 is 23.2 Å². The van der Waals surface area contributed by atoms with Crippen molar-refractivity contribution in [2.24, 2.45) is 4.99 Å². The molecule has 3 nitrogen and oxygen atoms in total. The minimum absolute atomic E-state index is 0. The van der Waals surface area contributed by atoms with Gasteiger partial charge in [0.15, 0.2) is 5.96 Å². The first kappa shape index (κ1) is 12.5. The van der Waals surface area contributed by atoms with Gasteiger partial charge < -0.3 is 24.1 Å². The highest BCUT2D eigenvalue weighted by Gasteiger charge is 2.09.